The zero-order valence-electron chi connectivity index (χ0n) is 11.3. The smallest absolute Gasteiger partial charge is 0.134 e. The SMILES string of the molecule is CNc1ncnc(NC2Cc3ccccc3C2)c1C. The molecule has 0 unspecified atom stereocenters. The third kappa shape index (κ3) is 2.26. The third-order valence-electron chi connectivity index (χ3n) is 3.71. The highest BCUT2D eigenvalue weighted by Gasteiger charge is 2.21. The minimum absolute atomic E-state index is 0.427. The maximum absolute atomic E-state index is 4.35. The lowest BCUT2D eigenvalue weighted by Crippen LogP contribution is -2.21. The highest BCUT2D eigenvalue weighted by Crippen LogP contribution is 2.26. The van der Waals surface area contributed by atoms with Gasteiger partial charge >= 0.3 is 0 Å². The minimum atomic E-state index is 0.427. The van der Waals surface area contributed by atoms with Crippen LogP contribution in [0.15, 0.2) is 30.6 Å². The van der Waals surface area contributed by atoms with Gasteiger partial charge in [-0.05, 0) is 30.9 Å². The number of benzene rings is 1. The van der Waals surface area contributed by atoms with Crippen molar-refractivity contribution in [3.8, 4) is 0 Å². The van der Waals surface area contributed by atoms with Gasteiger partial charge in [0, 0.05) is 18.7 Å². The van der Waals surface area contributed by atoms with Gasteiger partial charge in [-0.15, -0.1) is 0 Å². The van der Waals surface area contributed by atoms with Gasteiger partial charge in [0.05, 0.1) is 0 Å². The molecule has 4 nitrogen and oxygen atoms in total. The fourth-order valence-corrected chi connectivity index (χ4v) is 2.70. The first kappa shape index (κ1) is 12.0. The number of rotatable bonds is 3. The number of nitrogens with one attached hydrogen (secondary N) is 2. The van der Waals surface area contributed by atoms with Crippen molar-refractivity contribution < 1.29 is 0 Å². The highest BCUT2D eigenvalue weighted by molar-refractivity contribution is 5.57. The molecule has 0 aliphatic heterocycles. The van der Waals surface area contributed by atoms with Crippen molar-refractivity contribution in [2.75, 3.05) is 17.7 Å². The molecular formula is C15H18N4. The van der Waals surface area contributed by atoms with Crippen LogP contribution in [-0.4, -0.2) is 23.1 Å². The summed E-state index contributed by atoms with van der Waals surface area (Å²) >= 11 is 0. The molecule has 2 N–H and O–H groups in total. The van der Waals surface area contributed by atoms with Crippen LogP contribution < -0.4 is 10.6 Å². The predicted octanol–water partition coefficient (Wildman–Crippen LogP) is 2.41. The van der Waals surface area contributed by atoms with E-state index in [2.05, 4.69) is 44.9 Å². The molecule has 19 heavy (non-hydrogen) atoms. The summed E-state index contributed by atoms with van der Waals surface area (Å²) in [6.07, 6.45) is 3.73. The van der Waals surface area contributed by atoms with Gasteiger partial charge < -0.3 is 10.6 Å². The fraction of sp³-hybridized carbons (Fsp3) is 0.333. The number of aromatic nitrogens is 2. The summed E-state index contributed by atoms with van der Waals surface area (Å²) in [6.45, 7) is 2.04. The summed E-state index contributed by atoms with van der Waals surface area (Å²) in [4.78, 5) is 8.56. The molecule has 1 aliphatic rings. The Bertz CT molecular complexity index is 569. The molecule has 1 aromatic heterocycles. The Morgan fingerprint density at radius 2 is 1.68 bits per heavy atom. The molecule has 1 aromatic carbocycles. The van der Waals surface area contributed by atoms with Gasteiger partial charge in [-0.1, -0.05) is 24.3 Å². The van der Waals surface area contributed by atoms with Crippen molar-refractivity contribution in [2.24, 2.45) is 0 Å². The van der Waals surface area contributed by atoms with E-state index in [4.69, 9.17) is 0 Å². The first-order chi connectivity index (χ1) is 9.28. The van der Waals surface area contributed by atoms with Crippen molar-refractivity contribution >= 4 is 11.6 Å². The van der Waals surface area contributed by atoms with E-state index in [1.807, 2.05) is 14.0 Å². The van der Waals surface area contributed by atoms with Gasteiger partial charge in [0.1, 0.15) is 18.0 Å². The molecule has 0 radical (unpaired) electrons. The first-order valence-electron chi connectivity index (χ1n) is 6.60. The van der Waals surface area contributed by atoms with Gasteiger partial charge in [0.25, 0.3) is 0 Å². The fourth-order valence-electron chi connectivity index (χ4n) is 2.70. The normalized spacial score (nSPS) is 14.2. The second-order valence-corrected chi connectivity index (χ2v) is 4.96. The van der Waals surface area contributed by atoms with Gasteiger partial charge in [-0.3, -0.25) is 0 Å². The number of hydrogen-bond acceptors (Lipinski definition) is 4. The molecule has 3 rings (SSSR count). The van der Waals surface area contributed by atoms with Gasteiger partial charge in [-0.2, -0.15) is 0 Å². The summed E-state index contributed by atoms with van der Waals surface area (Å²) in [6, 6.07) is 9.06. The summed E-state index contributed by atoms with van der Waals surface area (Å²) in [5, 5.41) is 6.63. The molecule has 0 amide bonds. The lowest BCUT2D eigenvalue weighted by molar-refractivity contribution is 0.766. The summed E-state index contributed by atoms with van der Waals surface area (Å²) < 4.78 is 0. The summed E-state index contributed by atoms with van der Waals surface area (Å²) in [5.41, 5.74) is 3.96. The molecular weight excluding hydrogens is 236 g/mol. The van der Waals surface area contributed by atoms with Crippen LogP contribution in [0.1, 0.15) is 16.7 Å². The van der Waals surface area contributed by atoms with E-state index in [9.17, 15) is 0 Å². The standard InChI is InChI=1S/C15H18N4/c1-10-14(16-2)17-9-18-15(10)19-13-7-11-5-3-4-6-12(11)8-13/h3-6,9,13H,7-8H2,1-2H3,(H2,16,17,18,19). The van der Waals surface area contributed by atoms with Gasteiger partial charge in [-0.25, -0.2) is 9.97 Å². The average molecular weight is 254 g/mol. The summed E-state index contributed by atoms with van der Waals surface area (Å²) in [7, 11) is 1.88. The third-order valence-corrected chi connectivity index (χ3v) is 3.71. The van der Waals surface area contributed by atoms with E-state index in [0.29, 0.717) is 6.04 Å². The Morgan fingerprint density at radius 3 is 2.32 bits per heavy atom. The second kappa shape index (κ2) is 4.88. The maximum Gasteiger partial charge on any atom is 0.134 e. The molecule has 0 bridgehead atoms. The van der Waals surface area contributed by atoms with E-state index < -0.39 is 0 Å². The quantitative estimate of drug-likeness (QED) is 0.883. The number of nitrogens with zero attached hydrogens (tertiary/aromatic N) is 2. The molecule has 2 aromatic rings. The molecule has 0 fully saturated rings. The van der Waals surface area contributed by atoms with Crippen LogP contribution in [0.4, 0.5) is 11.6 Å². The second-order valence-electron chi connectivity index (χ2n) is 4.96. The number of hydrogen-bond donors (Lipinski definition) is 2. The predicted molar refractivity (Wildman–Crippen MR) is 77.6 cm³/mol. The van der Waals surface area contributed by atoms with Gasteiger partial charge in [0.2, 0.25) is 0 Å². The van der Waals surface area contributed by atoms with Crippen molar-refractivity contribution in [3.63, 3.8) is 0 Å². The Hall–Kier alpha value is -2.10. The zero-order valence-corrected chi connectivity index (χ0v) is 11.3. The van der Waals surface area contributed by atoms with Crippen LogP contribution in [0.5, 0.6) is 0 Å². The first-order valence-corrected chi connectivity index (χ1v) is 6.60. The molecule has 0 atom stereocenters. The minimum Gasteiger partial charge on any atom is -0.373 e. The molecule has 98 valence electrons. The van der Waals surface area contributed by atoms with E-state index in [-0.39, 0.29) is 0 Å². The zero-order chi connectivity index (χ0) is 13.2. The molecule has 1 heterocycles. The maximum atomic E-state index is 4.35. The highest BCUT2D eigenvalue weighted by atomic mass is 15.1. The Morgan fingerprint density at radius 1 is 1.05 bits per heavy atom. The lowest BCUT2D eigenvalue weighted by atomic mass is 10.1. The molecule has 0 saturated carbocycles. The van der Waals surface area contributed by atoms with Crippen molar-refractivity contribution in [2.45, 2.75) is 25.8 Å². The van der Waals surface area contributed by atoms with Crippen molar-refractivity contribution in [3.05, 3.63) is 47.3 Å². The Balaban J connectivity index is 1.78. The van der Waals surface area contributed by atoms with E-state index >= 15 is 0 Å². The molecule has 4 heteroatoms. The van der Waals surface area contributed by atoms with Crippen LogP contribution in [-0.2, 0) is 12.8 Å². The Kier molecular flexibility index (Phi) is 3.07. The summed E-state index contributed by atoms with van der Waals surface area (Å²) in [5.74, 6) is 1.81. The van der Waals surface area contributed by atoms with Crippen LogP contribution in [0.25, 0.3) is 0 Å². The topological polar surface area (TPSA) is 49.8 Å². The van der Waals surface area contributed by atoms with Crippen LogP contribution in [0, 0.1) is 6.92 Å². The molecule has 0 saturated heterocycles. The number of fused-ring (bicyclic) bond motifs is 1. The van der Waals surface area contributed by atoms with Crippen molar-refractivity contribution in [1.29, 1.82) is 0 Å². The number of anilines is 2. The van der Waals surface area contributed by atoms with E-state index in [1.165, 1.54) is 11.1 Å². The largest absolute Gasteiger partial charge is 0.373 e. The Labute approximate surface area is 113 Å². The van der Waals surface area contributed by atoms with Crippen molar-refractivity contribution in [1.82, 2.24) is 9.97 Å². The van der Waals surface area contributed by atoms with E-state index in [1.54, 1.807) is 6.33 Å². The van der Waals surface area contributed by atoms with Crippen LogP contribution in [0.2, 0.25) is 0 Å². The monoisotopic (exact) mass is 254 g/mol. The molecule has 0 spiro atoms. The van der Waals surface area contributed by atoms with Crippen LogP contribution >= 0.6 is 0 Å². The van der Waals surface area contributed by atoms with E-state index in [0.717, 1.165) is 30.0 Å². The average Bonchev–Trinajstić information content (AvgIpc) is 2.83. The lowest BCUT2D eigenvalue weighted by Gasteiger charge is -2.15. The van der Waals surface area contributed by atoms with Crippen LogP contribution in [0.3, 0.4) is 0 Å². The molecule has 1 aliphatic carbocycles. The van der Waals surface area contributed by atoms with Gasteiger partial charge in [0.15, 0.2) is 0 Å².